The lowest BCUT2D eigenvalue weighted by Gasteiger charge is -2.06. The second kappa shape index (κ2) is 4.09. The Morgan fingerprint density at radius 3 is 2.75 bits per heavy atom. The fourth-order valence-corrected chi connectivity index (χ4v) is 2.04. The molecule has 1 heterocycles. The zero-order chi connectivity index (χ0) is 11.7. The van der Waals surface area contributed by atoms with Gasteiger partial charge in [-0.25, -0.2) is 4.79 Å². The van der Waals surface area contributed by atoms with Crippen LogP contribution in [0, 0.1) is 0 Å². The molecule has 0 aliphatic carbocycles. The molecular formula is C11H9BrN2O2. The number of halogens is 1. The molecule has 0 amide bonds. The van der Waals surface area contributed by atoms with Crippen molar-refractivity contribution in [3.05, 3.63) is 40.5 Å². The minimum atomic E-state index is -0.973. The van der Waals surface area contributed by atoms with Gasteiger partial charge in [-0.15, -0.1) is 0 Å². The minimum Gasteiger partial charge on any atom is -0.478 e. The fourth-order valence-electron chi connectivity index (χ4n) is 1.57. The van der Waals surface area contributed by atoms with Gasteiger partial charge >= 0.3 is 5.97 Å². The maximum atomic E-state index is 11.1. The number of hydrogen-bond donors (Lipinski definition) is 1. The van der Waals surface area contributed by atoms with E-state index >= 15 is 0 Å². The standard InChI is InChI=1S/C11H9BrN2O2/c1-14-10(8(6-13-14)11(15)16)7-4-2-3-5-9(7)12/h2-6H,1H3,(H,15,16). The van der Waals surface area contributed by atoms with Crippen molar-refractivity contribution in [3.63, 3.8) is 0 Å². The summed E-state index contributed by atoms with van der Waals surface area (Å²) >= 11 is 3.40. The first-order valence-electron chi connectivity index (χ1n) is 4.61. The van der Waals surface area contributed by atoms with E-state index < -0.39 is 5.97 Å². The first-order chi connectivity index (χ1) is 7.61. The third-order valence-electron chi connectivity index (χ3n) is 2.30. The number of aryl methyl sites for hydroxylation is 1. The van der Waals surface area contributed by atoms with Crippen molar-refractivity contribution >= 4 is 21.9 Å². The van der Waals surface area contributed by atoms with Gasteiger partial charge in [-0.2, -0.15) is 5.10 Å². The molecule has 0 bridgehead atoms. The molecule has 16 heavy (non-hydrogen) atoms. The van der Waals surface area contributed by atoms with E-state index in [4.69, 9.17) is 5.11 Å². The van der Waals surface area contributed by atoms with Gasteiger partial charge in [0.15, 0.2) is 0 Å². The molecule has 1 aromatic heterocycles. The molecule has 0 saturated heterocycles. The normalized spacial score (nSPS) is 10.4. The van der Waals surface area contributed by atoms with Gasteiger partial charge in [-0.3, -0.25) is 4.68 Å². The molecule has 0 aliphatic heterocycles. The Labute approximate surface area is 101 Å². The van der Waals surface area contributed by atoms with Crippen molar-refractivity contribution in [2.24, 2.45) is 7.05 Å². The van der Waals surface area contributed by atoms with E-state index in [9.17, 15) is 4.79 Å². The molecular weight excluding hydrogens is 272 g/mol. The van der Waals surface area contributed by atoms with Crippen LogP contribution >= 0.6 is 15.9 Å². The summed E-state index contributed by atoms with van der Waals surface area (Å²) in [7, 11) is 1.72. The Bertz CT molecular complexity index is 549. The quantitative estimate of drug-likeness (QED) is 0.920. The third-order valence-corrected chi connectivity index (χ3v) is 2.99. The van der Waals surface area contributed by atoms with Crippen LogP contribution in [0.1, 0.15) is 10.4 Å². The highest BCUT2D eigenvalue weighted by Gasteiger charge is 2.17. The van der Waals surface area contributed by atoms with E-state index in [1.807, 2.05) is 24.3 Å². The number of carbonyl (C=O) groups is 1. The Morgan fingerprint density at radius 2 is 2.12 bits per heavy atom. The van der Waals surface area contributed by atoms with Crippen LogP contribution in [-0.4, -0.2) is 20.9 Å². The maximum absolute atomic E-state index is 11.1. The summed E-state index contributed by atoms with van der Waals surface area (Å²) in [6.45, 7) is 0. The van der Waals surface area contributed by atoms with E-state index in [0.29, 0.717) is 5.69 Å². The number of aromatic carboxylic acids is 1. The maximum Gasteiger partial charge on any atom is 0.339 e. The van der Waals surface area contributed by atoms with Gasteiger partial charge in [0, 0.05) is 17.1 Å². The van der Waals surface area contributed by atoms with Crippen LogP contribution < -0.4 is 0 Å². The average Bonchev–Trinajstić information content (AvgIpc) is 2.61. The Kier molecular flexibility index (Phi) is 2.78. The molecule has 82 valence electrons. The monoisotopic (exact) mass is 280 g/mol. The highest BCUT2D eigenvalue weighted by molar-refractivity contribution is 9.10. The van der Waals surface area contributed by atoms with Gasteiger partial charge in [0.1, 0.15) is 5.56 Å². The number of carboxylic acids is 1. The van der Waals surface area contributed by atoms with Gasteiger partial charge in [0.25, 0.3) is 0 Å². The molecule has 0 spiro atoms. The van der Waals surface area contributed by atoms with Gasteiger partial charge in [-0.05, 0) is 6.07 Å². The van der Waals surface area contributed by atoms with E-state index in [-0.39, 0.29) is 5.56 Å². The number of benzene rings is 1. The number of rotatable bonds is 2. The summed E-state index contributed by atoms with van der Waals surface area (Å²) in [6, 6.07) is 7.46. The van der Waals surface area contributed by atoms with Crippen molar-refractivity contribution < 1.29 is 9.90 Å². The Hall–Kier alpha value is -1.62. The van der Waals surface area contributed by atoms with Crippen LogP contribution in [0.2, 0.25) is 0 Å². The molecule has 4 nitrogen and oxygen atoms in total. The van der Waals surface area contributed by atoms with Gasteiger partial charge < -0.3 is 5.11 Å². The Balaban J connectivity index is 2.68. The van der Waals surface area contributed by atoms with Gasteiger partial charge in [-0.1, -0.05) is 34.1 Å². The van der Waals surface area contributed by atoms with Crippen LogP contribution in [0.5, 0.6) is 0 Å². The van der Waals surface area contributed by atoms with Crippen molar-refractivity contribution in [1.29, 1.82) is 0 Å². The SMILES string of the molecule is Cn1ncc(C(=O)O)c1-c1ccccc1Br. The topological polar surface area (TPSA) is 55.1 Å². The number of aromatic nitrogens is 2. The van der Waals surface area contributed by atoms with E-state index in [2.05, 4.69) is 21.0 Å². The van der Waals surface area contributed by atoms with Crippen molar-refractivity contribution in [3.8, 4) is 11.3 Å². The van der Waals surface area contributed by atoms with E-state index in [0.717, 1.165) is 10.0 Å². The van der Waals surface area contributed by atoms with Gasteiger partial charge in [0.05, 0.1) is 11.9 Å². The molecule has 0 fully saturated rings. The molecule has 0 radical (unpaired) electrons. The second-order valence-electron chi connectivity index (χ2n) is 3.32. The largest absolute Gasteiger partial charge is 0.478 e. The molecule has 0 saturated carbocycles. The Morgan fingerprint density at radius 1 is 1.44 bits per heavy atom. The lowest BCUT2D eigenvalue weighted by atomic mass is 10.1. The molecule has 5 heteroatoms. The molecule has 1 aromatic carbocycles. The van der Waals surface area contributed by atoms with Gasteiger partial charge in [0.2, 0.25) is 0 Å². The van der Waals surface area contributed by atoms with Crippen molar-refractivity contribution in [2.45, 2.75) is 0 Å². The number of hydrogen-bond acceptors (Lipinski definition) is 2. The molecule has 0 aliphatic rings. The average molecular weight is 281 g/mol. The van der Waals surface area contributed by atoms with Crippen LogP contribution in [0.4, 0.5) is 0 Å². The summed E-state index contributed by atoms with van der Waals surface area (Å²) in [5.41, 5.74) is 1.62. The van der Waals surface area contributed by atoms with Crippen LogP contribution in [-0.2, 0) is 7.05 Å². The molecule has 0 atom stereocenters. The number of carboxylic acid groups (broad SMARTS) is 1. The molecule has 1 N–H and O–H groups in total. The first kappa shape index (κ1) is 10.9. The first-order valence-corrected chi connectivity index (χ1v) is 5.40. The summed E-state index contributed by atoms with van der Waals surface area (Å²) in [6.07, 6.45) is 1.36. The lowest BCUT2D eigenvalue weighted by Crippen LogP contribution is -2.01. The highest BCUT2D eigenvalue weighted by Crippen LogP contribution is 2.29. The minimum absolute atomic E-state index is 0.203. The second-order valence-corrected chi connectivity index (χ2v) is 4.17. The summed E-state index contributed by atoms with van der Waals surface area (Å²) < 4.78 is 2.41. The molecule has 2 aromatic rings. The fraction of sp³-hybridized carbons (Fsp3) is 0.0909. The molecule has 0 unspecified atom stereocenters. The third kappa shape index (κ3) is 1.74. The zero-order valence-corrected chi connectivity index (χ0v) is 10.1. The summed E-state index contributed by atoms with van der Waals surface area (Å²) in [5.74, 6) is -0.973. The smallest absolute Gasteiger partial charge is 0.339 e. The van der Waals surface area contributed by atoms with Crippen LogP contribution in [0.25, 0.3) is 11.3 Å². The van der Waals surface area contributed by atoms with Crippen molar-refractivity contribution in [1.82, 2.24) is 9.78 Å². The zero-order valence-electron chi connectivity index (χ0n) is 8.51. The van der Waals surface area contributed by atoms with Crippen LogP contribution in [0.3, 0.4) is 0 Å². The lowest BCUT2D eigenvalue weighted by molar-refractivity contribution is 0.0697. The molecule has 2 rings (SSSR count). The predicted molar refractivity (Wildman–Crippen MR) is 63.3 cm³/mol. The highest BCUT2D eigenvalue weighted by atomic mass is 79.9. The summed E-state index contributed by atoms with van der Waals surface area (Å²) in [5, 5.41) is 13.0. The van der Waals surface area contributed by atoms with Crippen molar-refractivity contribution in [2.75, 3.05) is 0 Å². The number of nitrogens with zero attached hydrogens (tertiary/aromatic N) is 2. The summed E-state index contributed by atoms with van der Waals surface area (Å²) in [4.78, 5) is 11.1. The predicted octanol–water partition coefficient (Wildman–Crippen LogP) is 2.55. The van der Waals surface area contributed by atoms with Crippen LogP contribution in [0.15, 0.2) is 34.9 Å². The van der Waals surface area contributed by atoms with E-state index in [1.54, 1.807) is 11.7 Å². The van der Waals surface area contributed by atoms with E-state index in [1.165, 1.54) is 6.20 Å².